The van der Waals surface area contributed by atoms with Gasteiger partial charge < -0.3 is 9.80 Å². The SMILES string of the molecule is Cc1c(Cl)nc2ncnn2c1N(C)C1CCN(C)CC1. The minimum absolute atomic E-state index is 0.496. The molecule has 0 unspecified atom stereocenters. The van der Waals surface area contributed by atoms with Gasteiger partial charge in [0.05, 0.1) is 0 Å². The summed E-state index contributed by atoms with van der Waals surface area (Å²) in [5.74, 6) is 1.54. The van der Waals surface area contributed by atoms with E-state index in [1.54, 1.807) is 4.52 Å². The van der Waals surface area contributed by atoms with Gasteiger partial charge in [-0.15, -0.1) is 0 Å². The van der Waals surface area contributed by atoms with Crippen molar-refractivity contribution >= 4 is 23.2 Å². The molecule has 1 saturated heterocycles. The molecule has 0 spiro atoms. The molecule has 0 saturated carbocycles. The highest BCUT2D eigenvalue weighted by molar-refractivity contribution is 6.30. The van der Waals surface area contributed by atoms with E-state index >= 15 is 0 Å². The highest BCUT2D eigenvalue weighted by Crippen LogP contribution is 2.28. The summed E-state index contributed by atoms with van der Waals surface area (Å²) >= 11 is 6.23. The van der Waals surface area contributed by atoms with Crippen LogP contribution in [0.15, 0.2) is 6.33 Å². The third kappa shape index (κ3) is 2.23. The van der Waals surface area contributed by atoms with E-state index in [4.69, 9.17) is 11.6 Å². The summed E-state index contributed by atoms with van der Waals surface area (Å²) in [4.78, 5) is 13.0. The number of halogens is 1. The van der Waals surface area contributed by atoms with E-state index in [0.29, 0.717) is 17.0 Å². The molecule has 0 bridgehead atoms. The Morgan fingerprint density at radius 2 is 2.05 bits per heavy atom. The molecule has 108 valence electrons. The number of aromatic nitrogens is 4. The Balaban J connectivity index is 2.00. The first-order valence-electron chi connectivity index (χ1n) is 6.85. The van der Waals surface area contributed by atoms with Crippen molar-refractivity contribution < 1.29 is 0 Å². The minimum atomic E-state index is 0.496. The summed E-state index contributed by atoms with van der Waals surface area (Å²) < 4.78 is 1.78. The van der Waals surface area contributed by atoms with Crippen molar-refractivity contribution in [2.75, 3.05) is 32.1 Å². The lowest BCUT2D eigenvalue weighted by atomic mass is 10.0. The van der Waals surface area contributed by atoms with E-state index in [1.807, 2.05) is 6.92 Å². The quantitative estimate of drug-likeness (QED) is 0.788. The lowest BCUT2D eigenvalue weighted by molar-refractivity contribution is 0.252. The summed E-state index contributed by atoms with van der Waals surface area (Å²) in [5, 5.41) is 4.78. The highest BCUT2D eigenvalue weighted by Gasteiger charge is 2.25. The smallest absolute Gasteiger partial charge is 0.255 e. The van der Waals surface area contributed by atoms with Crippen LogP contribution in [0.5, 0.6) is 0 Å². The number of anilines is 1. The average molecular weight is 295 g/mol. The maximum Gasteiger partial charge on any atom is 0.255 e. The molecule has 2 aromatic heterocycles. The Morgan fingerprint density at radius 1 is 1.35 bits per heavy atom. The predicted molar refractivity (Wildman–Crippen MR) is 79.5 cm³/mol. The van der Waals surface area contributed by atoms with E-state index in [1.165, 1.54) is 6.33 Å². The maximum atomic E-state index is 6.23. The predicted octanol–water partition coefficient (Wildman–Crippen LogP) is 1.62. The van der Waals surface area contributed by atoms with Gasteiger partial charge >= 0.3 is 0 Å². The van der Waals surface area contributed by atoms with Crippen LogP contribution in [0.1, 0.15) is 18.4 Å². The molecule has 0 N–H and O–H groups in total. The molecule has 2 aromatic rings. The number of hydrogen-bond donors (Lipinski definition) is 0. The molecule has 0 atom stereocenters. The van der Waals surface area contributed by atoms with Crippen molar-refractivity contribution in [3.05, 3.63) is 17.0 Å². The lowest BCUT2D eigenvalue weighted by Crippen LogP contribution is -2.43. The van der Waals surface area contributed by atoms with Crippen LogP contribution in [0.25, 0.3) is 5.78 Å². The molecule has 1 aliphatic heterocycles. The summed E-state index contributed by atoms with van der Waals surface area (Å²) in [6.45, 7) is 4.22. The Labute approximate surface area is 123 Å². The number of likely N-dealkylation sites (tertiary alicyclic amines) is 1. The number of piperidine rings is 1. The fourth-order valence-electron chi connectivity index (χ4n) is 2.85. The van der Waals surface area contributed by atoms with E-state index in [0.717, 1.165) is 37.3 Å². The van der Waals surface area contributed by atoms with Gasteiger partial charge in [0, 0.05) is 18.7 Å². The van der Waals surface area contributed by atoms with Crippen LogP contribution >= 0.6 is 11.6 Å². The molecular formula is C13H19ClN6. The molecular weight excluding hydrogens is 276 g/mol. The van der Waals surface area contributed by atoms with Gasteiger partial charge in [0.25, 0.3) is 5.78 Å². The number of nitrogens with zero attached hydrogens (tertiary/aromatic N) is 6. The zero-order valence-electron chi connectivity index (χ0n) is 12.0. The molecule has 0 aromatic carbocycles. The second-order valence-corrected chi connectivity index (χ2v) is 5.83. The van der Waals surface area contributed by atoms with Crippen molar-refractivity contribution in [3.63, 3.8) is 0 Å². The Hall–Kier alpha value is -1.40. The van der Waals surface area contributed by atoms with Crippen molar-refractivity contribution in [1.82, 2.24) is 24.5 Å². The Bertz CT molecular complexity index is 617. The van der Waals surface area contributed by atoms with Gasteiger partial charge in [-0.05, 0) is 39.9 Å². The van der Waals surface area contributed by atoms with Gasteiger partial charge in [-0.3, -0.25) is 0 Å². The zero-order chi connectivity index (χ0) is 14.3. The fraction of sp³-hybridized carbons (Fsp3) is 0.615. The van der Waals surface area contributed by atoms with Gasteiger partial charge in [0.2, 0.25) is 0 Å². The number of hydrogen-bond acceptors (Lipinski definition) is 5. The lowest BCUT2D eigenvalue weighted by Gasteiger charge is -2.36. The fourth-order valence-corrected chi connectivity index (χ4v) is 3.01. The third-order valence-electron chi connectivity index (χ3n) is 4.14. The summed E-state index contributed by atoms with van der Waals surface area (Å²) in [6, 6.07) is 0.496. The molecule has 3 rings (SSSR count). The van der Waals surface area contributed by atoms with Crippen molar-refractivity contribution in [3.8, 4) is 0 Å². The number of rotatable bonds is 2. The first-order chi connectivity index (χ1) is 9.58. The van der Waals surface area contributed by atoms with E-state index in [9.17, 15) is 0 Å². The van der Waals surface area contributed by atoms with E-state index < -0.39 is 0 Å². The second-order valence-electron chi connectivity index (χ2n) is 5.47. The normalized spacial score (nSPS) is 17.8. The van der Waals surface area contributed by atoms with Gasteiger partial charge in [-0.2, -0.15) is 19.6 Å². The van der Waals surface area contributed by atoms with Crippen LogP contribution < -0.4 is 4.90 Å². The molecule has 0 radical (unpaired) electrons. The van der Waals surface area contributed by atoms with Crippen molar-refractivity contribution in [1.29, 1.82) is 0 Å². The zero-order valence-corrected chi connectivity index (χ0v) is 12.8. The molecule has 0 aliphatic carbocycles. The second kappa shape index (κ2) is 5.18. The average Bonchev–Trinajstić information content (AvgIpc) is 2.88. The van der Waals surface area contributed by atoms with Gasteiger partial charge in [-0.1, -0.05) is 11.6 Å². The number of fused-ring (bicyclic) bond motifs is 1. The van der Waals surface area contributed by atoms with Gasteiger partial charge in [-0.25, -0.2) is 0 Å². The monoisotopic (exact) mass is 294 g/mol. The molecule has 1 aliphatic rings. The van der Waals surface area contributed by atoms with Crippen LogP contribution in [-0.4, -0.2) is 57.7 Å². The summed E-state index contributed by atoms with van der Waals surface area (Å²) in [7, 11) is 4.27. The standard InChI is InChI=1S/C13H19ClN6/c1-9-11(14)17-13-15-8-16-20(13)12(9)19(3)10-4-6-18(2)7-5-10/h8,10H,4-7H2,1-3H3. The van der Waals surface area contributed by atoms with Crippen molar-refractivity contribution in [2.24, 2.45) is 0 Å². The molecule has 1 fully saturated rings. The Kier molecular flexibility index (Phi) is 3.52. The summed E-state index contributed by atoms with van der Waals surface area (Å²) in [6.07, 6.45) is 3.80. The largest absolute Gasteiger partial charge is 0.356 e. The topological polar surface area (TPSA) is 49.6 Å². The van der Waals surface area contributed by atoms with E-state index in [2.05, 4.69) is 39.0 Å². The van der Waals surface area contributed by atoms with Crippen molar-refractivity contribution in [2.45, 2.75) is 25.8 Å². The Morgan fingerprint density at radius 3 is 2.75 bits per heavy atom. The molecule has 3 heterocycles. The third-order valence-corrected chi connectivity index (χ3v) is 4.51. The maximum absolute atomic E-state index is 6.23. The first-order valence-corrected chi connectivity index (χ1v) is 7.23. The highest BCUT2D eigenvalue weighted by atomic mass is 35.5. The van der Waals surface area contributed by atoms with E-state index in [-0.39, 0.29) is 0 Å². The van der Waals surface area contributed by atoms with Crippen LogP contribution in [0.2, 0.25) is 5.15 Å². The molecule has 7 heteroatoms. The van der Waals surface area contributed by atoms with Gasteiger partial charge in [0.15, 0.2) is 0 Å². The van der Waals surface area contributed by atoms with Crippen LogP contribution in [0, 0.1) is 6.92 Å². The first kappa shape index (κ1) is 13.6. The van der Waals surface area contributed by atoms with Crippen LogP contribution in [-0.2, 0) is 0 Å². The molecule has 20 heavy (non-hydrogen) atoms. The van der Waals surface area contributed by atoms with Gasteiger partial charge in [0.1, 0.15) is 17.3 Å². The summed E-state index contributed by atoms with van der Waals surface area (Å²) in [5.41, 5.74) is 0.950. The molecule has 0 amide bonds. The van der Waals surface area contributed by atoms with Crippen LogP contribution in [0.4, 0.5) is 5.82 Å². The minimum Gasteiger partial charge on any atom is -0.356 e. The molecule has 6 nitrogen and oxygen atoms in total. The van der Waals surface area contributed by atoms with Crippen LogP contribution in [0.3, 0.4) is 0 Å².